The van der Waals surface area contributed by atoms with Crippen molar-refractivity contribution in [2.24, 2.45) is 0 Å². The van der Waals surface area contributed by atoms with E-state index in [9.17, 15) is 0 Å². The molecule has 0 bridgehead atoms. The normalized spacial score (nSPS) is 20.6. The van der Waals surface area contributed by atoms with Crippen LogP contribution in [-0.4, -0.2) is 40.1 Å². The standard InChI is InChI=1S/C25H35NO4/c1-24(2)18-25(13-15-30-24,20-7-9-21(27-3)10-8-20)12-14-26-17-19-6-11-22(28-4)23(16-19)29-5/h6-11,16,26H,12-15,17-18H2,1-5H3/p+1/t25-/m0/s1. The Labute approximate surface area is 180 Å². The van der Waals surface area contributed by atoms with Crippen molar-refractivity contribution in [1.29, 1.82) is 0 Å². The first-order chi connectivity index (χ1) is 14.4. The Balaban J connectivity index is 1.68. The Morgan fingerprint density at radius 3 is 2.30 bits per heavy atom. The lowest BCUT2D eigenvalue weighted by Crippen LogP contribution is -2.83. The first-order valence-electron chi connectivity index (χ1n) is 10.7. The van der Waals surface area contributed by atoms with E-state index < -0.39 is 0 Å². The number of ether oxygens (including phenoxy) is 4. The predicted octanol–water partition coefficient (Wildman–Crippen LogP) is 3.69. The van der Waals surface area contributed by atoms with E-state index in [1.807, 2.05) is 6.07 Å². The van der Waals surface area contributed by atoms with Crippen LogP contribution in [0, 0.1) is 0 Å². The van der Waals surface area contributed by atoms with Crippen molar-refractivity contribution in [2.75, 3.05) is 34.5 Å². The van der Waals surface area contributed by atoms with Crippen LogP contribution in [0.1, 0.15) is 44.2 Å². The van der Waals surface area contributed by atoms with Crippen molar-refractivity contribution in [3.05, 3.63) is 53.6 Å². The van der Waals surface area contributed by atoms with Gasteiger partial charge in [-0.05, 0) is 62.6 Å². The van der Waals surface area contributed by atoms with Crippen LogP contribution in [0.4, 0.5) is 0 Å². The molecule has 3 rings (SSSR count). The molecular formula is C25H36NO4+. The lowest BCUT2D eigenvalue weighted by Gasteiger charge is -2.45. The summed E-state index contributed by atoms with van der Waals surface area (Å²) in [5, 5.41) is 2.38. The van der Waals surface area contributed by atoms with E-state index in [0.29, 0.717) is 0 Å². The van der Waals surface area contributed by atoms with Crippen LogP contribution in [0.2, 0.25) is 0 Å². The predicted molar refractivity (Wildman–Crippen MR) is 119 cm³/mol. The van der Waals surface area contributed by atoms with Crippen LogP contribution in [-0.2, 0) is 16.7 Å². The molecule has 0 amide bonds. The van der Waals surface area contributed by atoms with E-state index in [0.717, 1.165) is 56.2 Å². The molecule has 0 radical (unpaired) electrons. The quantitative estimate of drug-likeness (QED) is 0.636. The number of rotatable bonds is 9. The summed E-state index contributed by atoms with van der Waals surface area (Å²) in [5.74, 6) is 2.45. The number of benzene rings is 2. The maximum Gasteiger partial charge on any atom is 0.161 e. The smallest absolute Gasteiger partial charge is 0.161 e. The van der Waals surface area contributed by atoms with Crippen molar-refractivity contribution in [1.82, 2.24) is 0 Å². The van der Waals surface area contributed by atoms with Gasteiger partial charge in [0.2, 0.25) is 0 Å². The molecule has 0 aliphatic carbocycles. The van der Waals surface area contributed by atoms with Crippen LogP contribution < -0.4 is 19.5 Å². The third kappa shape index (κ3) is 5.27. The molecule has 0 aromatic heterocycles. The second kappa shape index (κ2) is 9.71. The first kappa shape index (κ1) is 22.4. The van der Waals surface area contributed by atoms with E-state index in [2.05, 4.69) is 55.6 Å². The summed E-state index contributed by atoms with van der Waals surface area (Å²) in [6.07, 6.45) is 3.18. The summed E-state index contributed by atoms with van der Waals surface area (Å²) in [6.45, 7) is 7.18. The van der Waals surface area contributed by atoms with Crippen LogP contribution in [0.5, 0.6) is 17.2 Å². The minimum atomic E-state index is -0.110. The zero-order valence-electron chi connectivity index (χ0n) is 19.0. The molecule has 1 atom stereocenters. The summed E-state index contributed by atoms with van der Waals surface area (Å²) in [6, 6.07) is 14.8. The zero-order chi connectivity index (χ0) is 21.6. The average molecular weight is 415 g/mol. The van der Waals surface area contributed by atoms with Crippen LogP contribution >= 0.6 is 0 Å². The summed E-state index contributed by atoms with van der Waals surface area (Å²) >= 11 is 0. The van der Waals surface area contributed by atoms with Crippen molar-refractivity contribution in [3.63, 3.8) is 0 Å². The first-order valence-corrected chi connectivity index (χ1v) is 10.7. The molecule has 0 spiro atoms. The van der Waals surface area contributed by atoms with Gasteiger partial charge < -0.3 is 24.3 Å². The van der Waals surface area contributed by atoms with Crippen LogP contribution in [0.25, 0.3) is 0 Å². The summed E-state index contributed by atoms with van der Waals surface area (Å²) in [4.78, 5) is 0. The number of methoxy groups -OCH3 is 3. The molecule has 1 aliphatic heterocycles. The third-order valence-electron chi connectivity index (χ3n) is 6.19. The highest BCUT2D eigenvalue weighted by Crippen LogP contribution is 2.44. The van der Waals surface area contributed by atoms with Gasteiger partial charge in [-0.2, -0.15) is 0 Å². The lowest BCUT2D eigenvalue weighted by atomic mass is 9.67. The monoisotopic (exact) mass is 414 g/mol. The summed E-state index contributed by atoms with van der Waals surface area (Å²) in [5.41, 5.74) is 2.64. The van der Waals surface area contributed by atoms with Gasteiger partial charge in [-0.1, -0.05) is 12.1 Å². The Morgan fingerprint density at radius 1 is 0.933 bits per heavy atom. The molecule has 30 heavy (non-hydrogen) atoms. The van der Waals surface area contributed by atoms with Crippen molar-refractivity contribution in [2.45, 2.75) is 50.7 Å². The maximum atomic E-state index is 6.05. The van der Waals surface area contributed by atoms with Gasteiger partial charge in [0.15, 0.2) is 11.5 Å². The summed E-state index contributed by atoms with van der Waals surface area (Å²) in [7, 11) is 5.06. The van der Waals surface area contributed by atoms with Gasteiger partial charge in [-0.25, -0.2) is 0 Å². The average Bonchev–Trinajstić information content (AvgIpc) is 2.76. The fraction of sp³-hybridized carbons (Fsp3) is 0.520. The summed E-state index contributed by atoms with van der Waals surface area (Å²) < 4.78 is 22.2. The SMILES string of the molecule is COc1ccc([C@@]2(CC[NH2+]Cc3ccc(OC)c(OC)c3)CCOC(C)(C)C2)cc1. The van der Waals surface area contributed by atoms with Crippen molar-refractivity contribution < 1.29 is 24.3 Å². The Hall–Kier alpha value is -2.24. The second-order valence-electron chi connectivity index (χ2n) is 8.76. The molecule has 1 fully saturated rings. The molecule has 1 heterocycles. The maximum absolute atomic E-state index is 6.05. The highest BCUT2D eigenvalue weighted by molar-refractivity contribution is 5.42. The number of nitrogens with two attached hydrogens (primary N) is 1. The molecule has 164 valence electrons. The van der Waals surface area contributed by atoms with Crippen molar-refractivity contribution >= 4 is 0 Å². The zero-order valence-corrected chi connectivity index (χ0v) is 19.0. The minimum Gasteiger partial charge on any atom is -0.497 e. The van der Waals surface area contributed by atoms with Gasteiger partial charge in [0.05, 0.1) is 33.5 Å². The largest absolute Gasteiger partial charge is 0.497 e. The number of hydrogen-bond acceptors (Lipinski definition) is 4. The Kier molecular flexibility index (Phi) is 7.27. The Bertz CT molecular complexity index is 818. The third-order valence-corrected chi connectivity index (χ3v) is 6.19. The molecule has 1 saturated heterocycles. The highest BCUT2D eigenvalue weighted by atomic mass is 16.5. The topological polar surface area (TPSA) is 53.5 Å². The highest BCUT2D eigenvalue weighted by Gasteiger charge is 2.42. The van der Waals surface area contributed by atoms with Crippen LogP contribution in [0.3, 0.4) is 0 Å². The second-order valence-corrected chi connectivity index (χ2v) is 8.76. The molecule has 1 aliphatic rings. The van der Waals surface area contributed by atoms with Gasteiger partial charge >= 0.3 is 0 Å². The number of quaternary nitrogens is 1. The van der Waals surface area contributed by atoms with E-state index >= 15 is 0 Å². The molecule has 0 unspecified atom stereocenters. The van der Waals surface area contributed by atoms with E-state index in [4.69, 9.17) is 18.9 Å². The van der Waals surface area contributed by atoms with E-state index in [1.54, 1.807) is 21.3 Å². The van der Waals surface area contributed by atoms with E-state index in [-0.39, 0.29) is 11.0 Å². The van der Waals surface area contributed by atoms with Gasteiger partial charge in [0, 0.05) is 24.0 Å². The van der Waals surface area contributed by atoms with Gasteiger partial charge in [-0.15, -0.1) is 0 Å². The molecule has 5 nitrogen and oxygen atoms in total. The fourth-order valence-corrected chi connectivity index (χ4v) is 4.68. The molecule has 5 heteroatoms. The fourth-order valence-electron chi connectivity index (χ4n) is 4.68. The van der Waals surface area contributed by atoms with Crippen LogP contribution in [0.15, 0.2) is 42.5 Å². The van der Waals surface area contributed by atoms with Gasteiger partial charge in [-0.3, -0.25) is 0 Å². The molecule has 2 aromatic rings. The molecule has 0 saturated carbocycles. The molecule has 2 aromatic carbocycles. The van der Waals surface area contributed by atoms with Gasteiger partial charge in [0.1, 0.15) is 12.3 Å². The minimum absolute atomic E-state index is 0.110. The van der Waals surface area contributed by atoms with Gasteiger partial charge in [0.25, 0.3) is 0 Å². The van der Waals surface area contributed by atoms with Crippen molar-refractivity contribution in [3.8, 4) is 17.2 Å². The molecular weight excluding hydrogens is 378 g/mol. The lowest BCUT2D eigenvalue weighted by molar-refractivity contribution is -0.672. The van der Waals surface area contributed by atoms with E-state index in [1.165, 1.54) is 11.1 Å². The number of hydrogen-bond donors (Lipinski definition) is 1. The molecule has 2 N–H and O–H groups in total. The Morgan fingerprint density at radius 2 is 1.67 bits per heavy atom.